The van der Waals surface area contributed by atoms with Gasteiger partial charge in [0.15, 0.2) is 11.5 Å². The quantitative estimate of drug-likeness (QED) is 0.768. The Morgan fingerprint density at radius 1 is 1.11 bits per heavy atom. The minimum atomic E-state index is -0.988. The van der Waals surface area contributed by atoms with E-state index in [9.17, 15) is 14.7 Å². The second-order valence-electron chi connectivity index (χ2n) is 6.13. The zero-order valence-corrected chi connectivity index (χ0v) is 16.0. The number of amides is 1. The highest BCUT2D eigenvalue weighted by molar-refractivity contribution is 8.00. The lowest BCUT2D eigenvalue weighted by Gasteiger charge is -2.29. The molecule has 1 aliphatic rings. The number of carbonyl (C=O) groups is 2. The van der Waals surface area contributed by atoms with Crippen LogP contribution in [0.1, 0.15) is 21.5 Å². The first kappa shape index (κ1) is 19.1. The van der Waals surface area contributed by atoms with Gasteiger partial charge in [0.2, 0.25) is 5.91 Å². The van der Waals surface area contributed by atoms with E-state index >= 15 is 0 Å². The number of carbonyl (C=O) groups excluding carboxylic acids is 1. The number of ether oxygens (including phenoxy) is 2. The Hall–Kier alpha value is -2.67. The third kappa shape index (κ3) is 4.19. The van der Waals surface area contributed by atoms with Gasteiger partial charge in [-0.1, -0.05) is 12.1 Å². The van der Waals surface area contributed by atoms with Gasteiger partial charge in [-0.15, -0.1) is 11.8 Å². The van der Waals surface area contributed by atoms with Crippen molar-refractivity contribution in [1.29, 1.82) is 0 Å². The maximum atomic E-state index is 12.6. The van der Waals surface area contributed by atoms with Gasteiger partial charge in [0.05, 0.1) is 25.5 Å². The van der Waals surface area contributed by atoms with E-state index in [1.165, 1.54) is 11.8 Å². The van der Waals surface area contributed by atoms with Crippen LogP contribution in [0.25, 0.3) is 0 Å². The maximum Gasteiger partial charge on any atom is 0.336 e. The third-order valence-electron chi connectivity index (χ3n) is 4.54. The SMILES string of the molecule is COc1cc2c(cc1OC)CN(C(=O)CSc1ccccc1C(=O)O)CC2. The van der Waals surface area contributed by atoms with E-state index in [1.54, 1.807) is 43.4 Å². The van der Waals surface area contributed by atoms with Gasteiger partial charge in [-0.25, -0.2) is 4.79 Å². The Kier molecular flexibility index (Phi) is 5.91. The van der Waals surface area contributed by atoms with Gasteiger partial charge < -0.3 is 19.5 Å². The first-order chi connectivity index (χ1) is 13.0. The molecule has 0 saturated carbocycles. The van der Waals surface area contributed by atoms with Gasteiger partial charge in [-0.3, -0.25) is 4.79 Å². The van der Waals surface area contributed by atoms with Crippen molar-refractivity contribution < 1.29 is 24.2 Å². The molecule has 1 heterocycles. The number of carboxylic acids is 1. The molecule has 0 atom stereocenters. The molecule has 1 aliphatic heterocycles. The lowest BCUT2D eigenvalue weighted by atomic mass is 9.99. The molecule has 2 aromatic rings. The third-order valence-corrected chi connectivity index (χ3v) is 5.60. The number of hydrogen-bond acceptors (Lipinski definition) is 5. The first-order valence-electron chi connectivity index (χ1n) is 8.50. The second kappa shape index (κ2) is 8.35. The van der Waals surface area contributed by atoms with Crippen LogP contribution in [0.15, 0.2) is 41.3 Å². The molecule has 142 valence electrons. The Bertz CT molecular complexity index is 867. The Morgan fingerprint density at radius 2 is 1.78 bits per heavy atom. The Labute approximate surface area is 162 Å². The van der Waals surface area contributed by atoms with Crippen molar-refractivity contribution in [1.82, 2.24) is 4.90 Å². The lowest BCUT2D eigenvalue weighted by molar-refractivity contribution is -0.129. The van der Waals surface area contributed by atoms with Gasteiger partial charge in [0, 0.05) is 18.0 Å². The summed E-state index contributed by atoms with van der Waals surface area (Å²) in [4.78, 5) is 26.3. The Balaban J connectivity index is 1.69. The molecule has 1 N–H and O–H groups in total. The number of methoxy groups -OCH3 is 2. The van der Waals surface area contributed by atoms with Crippen LogP contribution in [0.4, 0.5) is 0 Å². The minimum Gasteiger partial charge on any atom is -0.493 e. The van der Waals surface area contributed by atoms with Crippen molar-refractivity contribution >= 4 is 23.6 Å². The molecule has 0 bridgehead atoms. The summed E-state index contributed by atoms with van der Waals surface area (Å²) in [5.74, 6) is 0.540. The monoisotopic (exact) mass is 387 g/mol. The van der Waals surface area contributed by atoms with Crippen LogP contribution in [0.5, 0.6) is 11.5 Å². The van der Waals surface area contributed by atoms with Crippen molar-refractivity contribution in [3.63, 3.8) is 0 Å². The van der Waals surface area contributed by atoms with Crippen LogP contribution >= 0.6 is 11.8 Å². The van der Waals surface area contributed by atoms with Crippen LogP contribution in [-0.2, 0) is 17.8 Å². The fraction of sp³-hybridized carbons (Fsp3) is 0.300. The standard InChI is InChI=1S/C20H21NO5S/c1-25-16-9-13-7-8-21(11-14(13)10-17(16)26-2)19(22)12-27-18-6-4-3-5-15(18)20(23)24/h3-6,9-10H,7-8,11-12H2,1-2H3,(H,23,24). The van der Waals surface area contributed by atoms with E-state index in [0.29, 0.717) is 29.5 Å². The molecule has 3 rings (SSSR count). The van der Waals surface area contributed by atoms with Gasteiger partial charge in [-0.05, 0) is 41.8 Å². The van der Waals surface area contributed by atoms with Crippen molar-refractivity contribution in [3.05, 3.63) is 53.1 Å². The number of fused-ring (bicyclic) bond motifs is 1. The topological polar surface area (TPSA) is 76.1 Å². The molecule has 0 unspecified atom stereocenters. The van der Waals surface area contributed by atoms with Crippen LogP contribution in [0, 0.1) is 0 Å². The number of aromatic carboxylic acids is 1. The highest BCUT2D eigenvalue weighted by Crippen LogP contribution is 2.33. The maximum absolute atomic E-state index is 12.6. The Morgan fingerprint density at radius 3 is 2.44 bits per heavy atom. The molecule has 0 spiro atoms. The zero-order chi connectivity index (χ0) is 19.4. The predicted octanol–water partition coefficient (Wildman–Crippen LogP) is 3.08. The summed E-state index contributed by atoms with van der Waals surface area (Å²) in [6.45, 7) is 1.14. The van der Waals surface area contributed by atoms with Crippen molar-refractivity contribution in [3.8, 4) is 11.5 Å². The molecule has 27 heavy (non-hydrogen) atoms. The van der Waals surface area contributed by atoms with E-state index in [4.69, 9.17) is 9.47 Å². The number of thioether (sulfide) groups is 1. The second-order valence-corrected chi connectivity index (χ2v) is 7.15. The highest BCUT2D eigenvalue weighted by Gasteiger charge is 2.23. The normalized spacial score (nSPS) is 13.0. The fourth-order valence-corrected chi connectivity index (χ4v) is 4.04. The van der Waals surface area contributed by atoms with Crippen LogP contribution in [0.3, 0.4) is 0 Å². The average Bonchev–Trinajstić information content (AvgIpc) is 2.70. The van der Waals surface area contributed by atoms with Crippen molar-refractivity contribution in [2.45, 2.75) is 17.9 Å². The summed E-state index contributed by atoms with van der Waals surface area (Å²) in [6.07, 6.45) is 0.748. The highest BCUT2D eigenvalue weighted by atomic mass is 32.2. The molecule has 2 aromatic carbocycles. The van der Waals surface area contributed by atoms with E-state index in [-0.39, 0.29) is 17.2 Å². The summed E-state index contributed by atoms with van der Waals surface area (Å²) in [5.41, 5.74) is 2.42. The van der Waals surface area contributed by atoms with E-state index in [1.807, 2.05) is 12.1 Å². The van der Waals surface area contributed by atoms with Gasteiger partial charge in [0.1, 0.15) is 0 Å². The number of rotatable bonds is 6. The number of nitrogens with zero attached hydrogens (tertiary/aromatic N) is 1. The molecule has 0 fully saturated rings. The summed E-state index contributed by atoms with van der Waals surface area (Å²) < 4.78 is 10.7. The molecular weight excluding hydrogens is 366 g/mol. The molecular formula is C20H21NO5S. The smallest absolute Gasteiger partial charge is 0.336 e. The van der Waals surface area contributed by atoms with Gasteiger partial charge in [-0.2, -0.15) is 0 Å². The molecule has 0 saturated heterocycles. The molecule has 0 aliphatic carbocycles. The van der Waals surface area contributed by atoms with Crippen LogP contribution < -0.4 is 9.47 Å². The fourth-order valence-electron chi connectivity index (χ4n) is 3.10. The van der Waals surface area contributed by atoms with E-state index in [2.05, 4.69) is 0 Å². The molecule has 0 radical (unpaired) electrons. The van der Waals surface area contributed by atoms with Gasteiger partial charge >= 0.3 is 5.97 Å². The number of hydrogen-bond donors (Lipinski definition) is 1. The van der Waals surface area contributed by atoms with E-state index in [0.717, 1.165) is 17.5 Å². The lowest BCUT2D eigenvalue weighted by Crippen LogP contribution is -2.37. The van der Waals surface area contributed by atoms with Gasteiger partial charge in [0.25, 0.3) is 0 Å². The van der Waals surface area contributed by atoms with Crippen LogP contribution in [0.2, 0.25) is 0 Å². The predicted molar refractivity (Wildman–Crippen MR) is 103 cm³/mol. The van der Waals surface area contributed by atoms with Crippen molar-refractivity contribution in [2.75, 3.05) is 26.5 Å². The molecule has 6 nitrogen and oxygen atoms in total. The number of benzene rings is 2. The first-order valence-corrected chi connectivity index (χ1v) is 9.48. The van der Waals surface area contributed by atoms with Crippen molar-refractivity contribution in [2.24, 2.45) is 0 Å². The summed E-state index contributed by atoms with van der Waals surface area (Å²) in [6, 6.07) is 10.6. The summed E-state index contributed by atoms with van der Waals surface area (Å²) in [5, 5.41) is 9.25. The average molecular weight is 387 g/mol. The van der Waals surface area contributed by atoms with E-state index < -0.39 is 5.97 Å². The summed E-state index contributed by atoms with van der Waals surface area (Å²) >= 11 is 1.26. The van der Waals surface area contributed by atoms with Crippen LogP contribution in [-0.4, -0.2) is 48.4 Å². The summed E-state index contributed by atoms with van der Waals surface area (Å²) in [7, 11) is 3.20. The number of carboxylic acid groups (broad SMARTS) is 1. The largest absolute Gasteiger partial charge is 0.493 e. The molecule has 0 aromatic heterocycles. The minimum absolute atomic E-state index is 0.0133. The molecule has 1 amide bonds. The zero-order valence-electron chi connectivity index (χ0n) is 15.2. The molecule has 7 heteroatoms.